The van der Waals surface area contributed by atoms with Crippen molar-refractivity contribution >= 4 is 33.4 Å². The van der Waals surface area contributed by atoms with Gasteiger partial charge in [0, 0.05) is 16.6 Å². The summed E-state index contributed by atoms with van der Waals surface area (Å²) in [6.07, 6.45) is 0.995. The Labute approximate surface area is 157 Å². The van der Waals surface area contributed by atoms with Crippen LogP contribution in [0.1, 0.15) is 28.7 Å². The Morgan fingerprint density at radius 2 is 1.68 bits per heavy atom. The maximum atomic E-state index is 12.1. The maximum absolute atomic E-state index is 12.1. The Bertz CT molecular complexity index is 764. The monoisotopic (exact) mass is 402 g/mol. The summed E-state index contributed by atoms with van der Waals surface area (Å²) >= 11 is 3.41. The molecular weight excluding hydrogens is 380 g/mol. The van der Waals surface area contributed by atoms with E-state index in [0.717, 1.165) is 32.4 Å². The minimum atomic E-state index is -0.217. The molecule has 2 aromatic rings. The van der Waals surface area contributed by atoms with E-state index < -0.39 is 0 Å². The van der Waals surface area contributed by atoms with Gasteiger partial charge in [-0.05, 0) is 56.0 Å². The molecule has 0 atom stereocenters. The van der Waals surface area contributed by atoms with Crippen LogP contribution in [0.25, 0.3) is 0 Å². The summed E-state index contributed by atoms with van der Waals surface area (Å²) in [7, 11) is 0. The van der Waals surface area contributed by atoms with Crippen LogP contribution in [0.3, 0.4) is 0 Å². The first-order valence-corrected chi connectivity index (χ1v) is 9.03. The SMILES string of the molecule is Cc1cc(C)c(NC(=O)CNC(=O)CCc2cccc(Br)c2)c(C)c1. The molecule has 0 saturated carbocycles. The number of hydrogen-bond acceptors (Lipinski definition) is 2. The number of halogens is 1. The quantitative estimate of drug-likeness (QED) is 0.764. The van der Waals surface area contributed by atoms with E-state index in [-0.39, 0.29) is 18.4 Å². The predicted molar refractivity (Wildman–Crippen MR) is 105 cm³/mol. The molecule has 2 rings (SSSR count). The predicted octanol–water partition coefficient (Wildman–Crippen LogP) is 4.06. The smallest absolute Gasteiger partial charge is 0.243 e. The highest BCUT2D eigenvalue weighted by Gasteiger charge is 2.10. The van der Waals surface area contributed by atoms with Crippen LogP contribution in [0, 0.1) is 20.8 Å². The number of carbonyl (C=O) groups excluding carboxylic acids is 2. The number of aryl methyl sites for hydroxylation is 4. The van der Waals surface area contributed by atoms with Gasteiger partial charge in [0.25, 0.3) is 0 Å². The zero-order valence-electron chi connectivity index (χ0n) is 14.8. The molecular formula is C20H23BrN2O2. The Balaban J connectivity index is 1.81. The summed E-state index contributed by atoms with van der Waals surface area (Å²) in [5.41, 5.74) is 5.10. The third-order valence-electron chi connectivity index (χ3n) is 3.92. The fraction of sp³-hybridized carbons (Fsp3) is 0.300. The number of benzene rings is 2. The lowest BCUT2D eigenvalue weighted by Gasteiger charge is -2.13. The summed E-state index contributed by atoms with van der Waals surface area (Å²) in [6, 6.07) is 11.9. The fourth-order valence-electron chi connectivity index (χ4n) is 2.78. The third kappa shape index (κ3) is 6.02. The van der Waals surface area contributed by atoms with Gasteiger partial charge in [-0.25, -0.2) is 0 Å². The van der Waals surface area contributed by atoms with Crippen molar-refractivity contribution in [2.24, 2.45) is 0 Å². The van der Waals surface area contributed by atoms with Gasteiger partial charge in [-0.3, -0.25) is 9.59 Å². The van der Waals surface area contributed by atoms with Gasteiger partial charge in [-0.1, -0.05) is 45.8 Å². The molecule has 0 bridgehead atoms. The first-order chi connectivity index (χ1) is 11.8. The van der Waals surface area contributed by atoms with Gasteiger partial charge in [-0.15, -0.1) is 0 Å². The molecule has 0 aliphatic heterocycles. The van der Waals surface area contributed by atoms with Crippen LogP contribution < -0.4 is 10.6 Å². The largest absolute Gasteiger partial charge is 0.347 e. The average Bonchev–Trinajstić information content (AvgIpc) is 2.54. The number of nitrogens with one attached hydrogen (secondary N) is 2. The van der Waals surface area contributed by atoms with Gasteiger partial charge in [-0.2, -0.15) is 0 Å². The highest BCUT2D eigenvalue weighted by atomic mass is 79.9. The van der Waals surface area contributed by atoms with Crippen LogP contribution in [-0.2, 0) is 16.0 Å². The van der Waals surface area contributed by atoms with E-state index in [0.29, 0.717) is 12.8 Å². The van der Waals surface area contributed by atoms with Crippen molar-refractivity contribution in [3.63, 3.8) is 0 Å². The van der Waals surface area contributed by atoms with E-state index in [4.69, 9.17) is 0 Å². The summed E-state index contributed by atoms with van der Waals surface area (Å²) in [4.78, 5) is 24.0. The molecule has 2 N–H and O–H groups in total. The van der Waals surface area contributed by atoms with Gasteiger partial charge >= 0.3 is 0 Å². The number of amides is 2. The van der Waals surface area contributed by atoms with E-state index in [1.54, 1.807) is 0 Å². The van der Waals surface area contributed by atoms with Crippen molar-refractivity contribution in [1.82, 2.24) is 5.32 Å². The Morgan fingerprint density at radius 1 is 1.00 bits per heavy atom. The molecule has 0 heterocycles. The molecule has 0 aliphatic rings. The second-order valence-corrected chi connectivity index (χ2v) is 7.14. The second-order valence-electron chi connectivity index (χ2n) is 6.23. The molecule has 0 aromatic heterocycles. The second kappa shape index (κ2) is 8.81. The summed E-state index contributed by atoms with van der Waals surface area (Å²) in [6.45, 7) is 5.93. The van der Waals surface area contributed by atoms with Crippen molar-refractivity contribution < 1.29 is 9.59 Å². The number of hydrogen-bond donors (Lipinski definition) is 2. The first-order valence-electron chi connectivity index (χ1n) is 8.24. The zero-order valence-corrected chi connectivity index (χ0v) is 16.4. The third-order valence-corrected chi connectivity index (χ3v) is 4.41. The Kier molecular flexibility index (Phi) is 6.76. The van der Waals surface area contributed by atoms with Gasteiger partial charge in [0.1, 0.15) is 0 Å². The van der Waals surface area contributed by atoms with Crippen molar-refractivity contribution in [3.8, 4) is 0 Å². The van der Waals surface area contributed by atoms with Gasteiger partial charge in [0.05, 0.1) is 6.54 Å². The van der Waals surface area contributed by atoms with Crippen molar-refractivity contribution in [2.45, 2.75) is 33.6 Å². The summed E-state index contributed by atoms with van der Waals surface area (Å²) < 4.78 is 0.994. The van der Waals surface area contributed by atoms with Gasteiger partial charge in [0.15, 0.2) is 0 Å². The van der Waals surface area contributed by atoms with Crippen LogP contribution in [0.15, 0.2) is 40.9 Å². The minimum absolute atomic E-state index is 0.0237. The Hall–Kier alpha value is -2.14. The van der Waals surface area contributed by atoms with E-state index in [2.05, 4.69) is 26.6 Å². The maximum Gasteiger partial charge on any atom is 0.243 e. The van der Waals surface area contributed by atoms with Crippen molar-refractivity contribution in [1.29, 1.82) is 0 Å². The van der Waals surface area contributed by atoms with Gasteiger partial charge < -0.3 is 10.6 Å². The zero-order chi connectivity index (χ0) is 18.4. The number of rotatable bonds is 6. The standard InChI is InChI=1S/C20H23BrN2O2/c1-13-9-14(2)20(15(3)10-13)23-19(25)12-22-18(24)8-7-16-5-4-6-17(21)11-16/h4-6,9-11H,7-8,12H2,1-3H3,(H,22,24)(H,23,25). The van der Waals surface area contributed by atoms with Crippen LogP contribution in [0.2, 0.25) is 0 Å². The molecule has 132 valence electrons. The molecule has 0 saturated heterocycles. The molecule has 5 heteroatoms. The molecule has 0 fully saturated rings. The summed E-state index contributed by atoms with van der Waals surface area (Å²) in [5.74, 6) is -0.349. The number of carbonyl (C=O) groups is 2. The van der Waals surface area contributed by atoms with Crippen LogP contribution >= 0.6 is 15.9 Å². The van der Waals surface area contributed by atoms with Crippen molar-refractivity contribution in [2.75, 3.05) is 11.9 Å². The van der Waals surface area contributed by atoms with E-state index in [1.165, 1.54) is 0 Å². The molecule has 0 radical (unpaired) electrons. The number of anilines is 1. The van der Waals surface area contributed by atoms with Crippen LogP contribution in [0.5, 0.6) is 0 Å². The highest BCUT2D eigenvalue weighted by Crippen LogP contribution is 2.21. The van der Waals surface area contributed by atoms with Crippen LogP contribution in [0.4, 0.5) is 5.69 Å². The minimum Gasteiger partial charge on any atom is -0.347 e. The van der Waals surface area contributed by atoms with E-state index in [1.807, 2.05) is 57.2 Å². The normalized spacial score (nSPS) is 10.4. The summed E-state index contributed by atoms with van der Waals surface area (Å²) in [5, 5.41) is 5.56. The lowest BCUT2D eigenvalue weighted by atomic mass is 10.1. The highest BCUT2D eigenvalue weighted by molar-refractivity contribution is 9.10. The fourth-order valence-corrected chi connectivity index (χ4v) is 3.23. The lowest BCUT2D eigenvalue weighted by molar-refractivity contribution is -0.124. The van der Waals surface area contributed by atoms with Crippen molar-refractivity contribution in [3.05, 3.63) is 63.1 Å². The molecule has 0 aliphatic carbocycles. The molecule has 4 nitrogen and oxygen atoms in total. The van der Waals surface area contributed by atoms with E-state index in [9.17, 15) is 9.59 Å². The Morgan fingerprint density at radius 3 is 2.32 bits per heavy atom. The first kappa shape index (κ1) is 19.2. The molecule has 2 amide bonds. The molecule has 2 aromatic carbocycles. The lowest BCUT2D eigenvalue weighted by Crippen LogP contribution is -2.33. The molecule has 25 heavy (non-hydrogen) atoms. The molecule has 0 unspecified atom stereocenters. The topological polar surface area (TPSA) is 58.2 Å². The average molecular weight is 403 g/mol. The van der Waals surface area contributed by atoms with E-state index >= 15 is 0 Å². The molecule has 0 spiro atoms. The van der Waals surface area contributed by atoms with Crippen LogP contribution in [-0.4, -0.2) is 18.4 Å². The van der Waals surface area contributed by atoms with Gasteiger partial charge in [0.2, 0.25) is 11.8 Å².